The normalized spacial score (nSPS) is 28.6. The van der Waals surface area contributed by atoms with Gasteiger partial charge in [-0.3, -0.25) is 4.99 Å². The van der Waals surface area contributed by atoms with Gasteiger partial charge >= 0.3 is 0 Å². The number of fused-ring (bicyclic) bond motifs is 3. The van der Waals surface area contributed by atoms with E-state index < -0.39 is 11.6 Å². The molecule has 0 amide bonds. The Morgan fingerprint density at radius 3 is 2.82 bits per heavy atom. The molecule has 0 radical (unpaired) electrons. The monoisotopic (exact) mass is 232 g/mol. The van der Waals surface area contributed by atoms with Crippen molar-refractivity contribution in [3.8, 4) is 0 Å². The summed E-state index contributed by atoms with van der Waals surface area (Å²) in [6.07, 6.45) is 8.78. The molecule has 4 heteroatoms. The molecule has 1 aromatic rings. The van der Waals surface area contributed by atoms with E-state index in [-0.39, 0.29) is 12.0 Å². The lowest BCUT2D eigenvalue weighted by Gasteiger charge is -2.28. The lowest BCUT2D eigenvalue weighted by atomic mass is 9.82. The number of anilines is 1. The van der Waals surface area contributed by atoms with E-state index in [4.69, 9.17) is 0 Å². The lowest BCUT2D eigenvalue weighted by Crippen LogP contribution is -2.21. The summed E-state index contributed by atoms with van der Waals surface area (Å²) in [5, 5.41) is 2.84. The summed E-state index contributed by atoms with van der Waals surface area (Å²) in [4.78, 5) is 4.29. The van der Waals surface area contributed by atoms with Crippen LogP contribution in [0.3, 0.4) is 0 Å². The molecular formula is C13H10F2N2. The molecule has 0 aromatic heterocycles. The Bertz CT molecular complexity index is 547. The number of hydrogen-bond donors (Lipinski definition) is 1. The molecule has 1 heterocycles. The fraction of sp³-hybridized carbons (Fsp3) is 0.154. The van der Waals surface area contributed by atoms with Gasteiger partial charge in [-0.25, -0.2) is 8.78 Å². The number of benzene rings is 1. The zero-order valence-electron chi connectivity index (χ0n) is 8.90. The lowest BCUT2D eigenvalue weighted by molar-refractivity contribution is 0.574. The van der Waals surface area contributed by atoms with E-state index in [0.29, 0.717) is 11.3 Å². The molecule has 2 aliphatic rings. The Kier molecular flexibility index (Phi) is 2.28. The van der Waals surface area contributed by atoms with Gasteiger partial charge in [0.25, 0.3) is 0 Å². The van der Waals surface area contributed by atoms with Crippen molar-refractivity contribution in [2.24, 2.45) is 4.99 Å². The minimum absolute atomic E-state index is 0.0282. The predicted octanol–water partition coefficient (Wildman–Crippen LogP) is 3.00. The second kappa shape index (κ2) is 3.80. The fourth-order valence-corrected chi connectivity index (χ4v) is 2.08. The van der Waals surface area contributed by atoms with E-state index >= 15 is 0 Å². The summed E-state index contributed by atoms with van der Waals surface area (Å²) in [5.74, 6) is -1.20. The summed E-state index contributed by atoms with van der Waals surface area (Å²) in [7, 11) is 0. The van der Waals surface area contributed by atoms with Crippen LogP contribution >= 0.6 is 0 Å². The molecule has 0 bridgehead atoms. The highest BCUT2D eigenvalue weighted by molar-refractivity contribution is 5.74. The van der Waals surface area contributed by atoms with E-state index in [2.05, 4.69) is 10.3 Å². The molecule has 1 aromatic carbocycles. The highest BCUT2D eigenvalue weighted by Gasteiger charge is 2.29. The Morgan fingerprint density at radius 1 is 1.18 bits per heavy atom. The van der Waals surface area contributed by atoms with Crippen molar-refractivity contribution in [2.45, 2.75) is 12.0 Å². The van der Waals surface area contributed by atoms with Crippen LogP contribution in [0.15, 0.2) is 41.6 Å². The van der Waals surface area contributed by atoms with Gasteiger partial charge in [-0.2, -0.15) is 0 Å². The number of hydrogen-bond acceptors (Lipinski definition) is 2. The maximum absolute atomic E-state index is 13.7. The first kappa shape index (κ1) is 10.2. The molecule has 2 nitrogen and oxygen atoms in total. The Morgan fingerprint density at radius 2 is 2.06 bits per heavy atom. The molecule has 0 saturated heterocycles. The molecule has 0 saturated carbocycles. The summed E-state index contributed by atoms with van der Waals surface area (Å²) >= 11 is 0. The fourth-order valence-electron chi connectivity index (χ4n) is 2.08. The summed E-state index contributed by atoms with van der Waals surface area (Å²) in [6.45, 7) is 0. The number of halogens is 2. The molecular weight excluding hydrogens is 222 g/mol. The first-order chi connectivity index (χ1) is 8.25. The van der Waals surface area contributed by atoms with Crippen molar-refractivity contribution < 1.29 is 8.78 Å². The van der Waals surface area contributed by atoms with Crippen molar-refractivity contribution in [3.63, 3.8) is 0 Å². The number of allylic oxidation sites excluding steroid dienone is 1. The average molecular weight is 232 g/mol. The Hall–Kier alpha value is -1.97. The van der Waals surface area contributed by atoms with Crippen molar-refractivity contribution in [2.75, 3.05) is 5.32 Å². The van der Waals surface area contributed by atoms with Crippen LogP contribution in [0.1, 0.15) is 11.5 Å². The van der Waals surface area contributed by atoms with E-state index in [1.807, 2.05) is 12.2 Å². The second-order valence-electron chi connectivity index (χ2n) is 4.05. The molecule has 86 valence electrons. The van der Waals surface area contributed by atoms with Gasteiger partial charge in [-0.05, 0) is 17.7 Å². The average Bonchev–Trinajstić information content (AvgIpc) is 2.28. The van der Waals surface area contributed by atoms with E-state index in [0.717, 1.165) is 6.07 Å². The van der Waals surface area contributed by atoms with Gasteiger partial charge in [-0.15, -0.1) is 0 Å². The van der Waals surface area contributed by atoms with Gasteiger partial charge < -0.3 is 5.32 Å². The summed E-state index contributed by atoms with van der Waals surface area (Å²) < 4.78 is 27.0. The van der Waals surface area contributed by atoms with Gasteiger partial charge in [0, 0.05) is 24.4 Å². The molecule has 2 unspecified atom stereocenters. The van der Waals surface area contributed by atoms with Crippen LogP contribution in [0.25, 0.3) is 0 Å². The van der Waals surface area contributed by atoms with Crippen molar-refractivity contribution in [3.05, 3.63) is 53.8 Å². The van der Waals surface area contributed by atoms with Gasteiger partial charge in [0.1, 0.15) is 11.6 Å². The molecule has 1 aliphatic heterocycles. The SMILES string of the molecule is Fc1cc(F)c2c(c1)C1C=CC1/N=C/C=C\N2. The van der Waals surface area contributed by atoms with Crippen LogP contribution in [0, 0.1) is 11.6 Å². The quantitative estimate of drug-likeness (QED) is 0.683. The number of aliphatic imine (C=N–C) groups is 1. The highest BCUT2D eigenvalue weighted by atomic mass is 19.1. The maximum atomic E-state index is 13.7. The third kappa shape index (κ3) is 1.65. The van der Waals surface area contributed by atoms with Gasteiger partial charge in [-0.1, -0.05) is 12.2 Å². The van der Waals surface area contributed by atoms with E-state index in [1.165, 1.54) is 6.07 Å². The van der Waals surface area contributed by atoms with Crippen LogP contribution in [-0.2, 0) is 0 Å². The van der Waals surface area contributed by atoms with Crippen LogP contribution < -0.4 is 5.32 Å². The van der Waals surface area contributed by atoms with Crippen LogP contribution in [-0.4, -0.2) is 12.3 Å². The second-order valence-corrected chi connectivity index (χ2v) is 4.05. The predicted molar refractivity (Wildman–Crippen MR) is 63.3 cm³/mol. The minimum atomic E-state index is -0.578. The third-order valence-corrected chi connectivity index (χ3v) is 3.00. The summed E-state index contributed by atoms with van der Waals surface area (Å²) in [5.41, 5.74) is 0.936. The van der Waals surface area contributed by atoms with Crippen LogP contribution in [0.2, 0.25) is 0 Å². The molecule has 17 heavy (non-hydrogen) atoms. The Balaban J connectivity index is 2.16. The largest absolute Gasteiger partial charge is 0.359 e. The van der Waals surface area contributed by atoms with Gasteiger partial charge in [0.15, 0.2) is 0 Å². The van der Waals surface area contributed by atoms with Crippen molar-refractivity contribution in [1.82, 2.24) is 0 Å². The van der Waals surface area contributed by atoms with Crippen molar-refractivity contribution in [1.29, 1.82) is 0 Å². The number of nitrogens with one attached hydrogen (secondary N) is 1. The first-order valence-electron chi connectivity index (χ1n) is 5.38. The third-order valence-electron chi connectivity index (χ3n) is 3.00. The molecule has 1 N–H and O–H groups in total. The standard InChI is InChI=1S/C13H10F2N2/c14-8-6-10-9-2-3-12(9)16-4-1-5-17-13(10)11(15)7-8/h1-7,9,12,17H/b5-1-,16-4+. The first-order valence-corrected chi connectivity index (χ1v) is 5.38. The molecule has 2 atom stereocenters. The molecule has 0 fully saturated rings. The van der Waals surface area contributed by atoms with Gasteiger partial charge in [0.2, 0.25) is 0 Å². The zero-order valence-corrected chi connectivity index (χ0v) is 8.90. The molecule has 1 aliphatic carbocycles. The zero-order chi connectivity index (χ0) is 11.8. The maximum Gasteiger partial charge on any atom is 0.149 e. The highest BCUT2D eigenvalue weighted by Crippen LogP contribution is 2.38. The van der Waals surface area contributed by atoms with Crippen molar-refractivity contribution >= 4 is 11.9 Å². The molecule has 3 rings (SSSR count). The van der Waals surface area contributed by atoms with E-state index in [9.17, 15) is 8.78 Å². The Labute approximate surface area is 97.4 Å². The van der Waals surface area contributed by atoms with Crippen LogP contribution in [0.4, 0.5) is 14.5 Å². The molecule has 0 spiro atoms. The topological polar surface area (TPSA) is 24.4 Å². The van der Waals surface area contributed by atoms with E-state index in [1.54, 1.807) is 18.5 Å². The number of nitrogens with zero attached hydrogens (tertiary/aromatic N) is 1. The van der Waals surface area contributed by atoms with Gasteiger partial charge in [0.05, 0.1) is 11.7 Å². The number of rotatable bonds is 0. The minimum Gasteiger partial charge on any atom is -0.359 e. The smallest absolute Gasteiger partial charge is 0.149 e. The summed E-state index contributed by atoms with van der Waals surface area (Å²) in [6, 6.07) is 2.22. The van der Waals surface area contributed by atoms with Crippen LogP contribution in [0.5, 0.6) is 0 Å².